The maximum Gasteiger partial charge on any atom is 0.573 e. The van der Waals surface area contributed by atoms with Crippen LogP contribution in [0.5, 0.6) is 17.2 Å². The van der Waals surface area contributed by atoms with E-state index in [9.17, 15) is 36.2 Å². The number of alkyl halides is 6. The SMILES string of the molecule is CCO[C@@H](Cc1ccc(OC/C=C(/C)C#Cc2cc(OC(F)(F)F)cc(OC(F)(F)F)c2)c(Cl)c1)C(=O)O. The number of carboxylic acid groups (broad SMARTS) is 1. The highest BCUT2D eigenvalue weighted by atomic mass is 35.5. The summed E-state index contributed by atoms with van der Waals surface area (Å²) in [7, 11) is 0. The van der Waals surface area contributed by atoms with Crippen molar-refractivity contribution in [2.24, 2.45) is 0 Å². The first-order valence-electron chi connectivity index (χ1n) is 10.8. The molecule has 0 heterocycles. The average molecular weight is 567 g/mol. The van der Waals surface area contributed by atoms with Crippen LogP contribution in [-0.4, -0.2) is 43.1 Å². The van der Waals surface area contributed by atoms with E-state index < -0.39 is 36.3 Å². The fourth-order valence-electron chi connectivity index (χ4n) is 2.93. The zero-order valence-electron chi connectivity index (χ0n) is 19.9. The van der Waals surface area contributed by atoms with Crippen LogP contribution in [0.4, 0.5) is 26.3 Å². The molecule has 1 N–H and O–H groups in total. The van der Waals surface area contributed by atoms with E-state index in [2.05, 4.69) is 21.3 Å². The molecule has 0 amide bonds. The maximum atomic E-state index is 12.5. The molecule has 0 bridgehead atoms. The molecule has 0 aliphatic carbocycles. The Morgan fingerprint density at radius 3 is 2.16 bits per heavy atom. The van der Waals surface area contributed by atoms with Crippen molar-refractivity contribution < 1.29 is 55.2 Å². The quantitative estimate of drug-likeness (QED) is 0.260. The molecule has 13 heteroatoms. The van der Waals surface area contributed by atoms with Crippen molar-refractivity contribution in [3.8, 4) is 29.1 Å². The Bertz CT molecular complexity index is 1180. The van der Waals surface area contributed by atoms with Gasteiger partial charge in [-0.15, -0.1) is 26.3 Å². The van der Waals surface area contributed by atoms with E-state index in [1.54, 1.807) is 32.0 Å². The van der Waals surface area contributed by atoms with Crippen LogP contribution in [0, 0.1) is 11.8 Å². The van der Waals surface area contributed by atoms with E-state index in [0.717, 1.165) is 12.1 Å². The first-order valence-corrected chi connectivity index (χ1v) is 11.1. The number of rotatable bonds is 10. The van der Waals surface area contributed by atoms with Crippen LogP contribution < -0.4 is 14.2 Å². The summed E-state index contributed by atoms with van der Waals surface area (Å²) in [6, 6.07) is 6.79. The molecule has 2 aromatic carbocycles. The van der Waals surface area contributed by atoms with Crippen molar-refractivity contribution >= 4 is 17.6 Å². The molecule has 0 saturated carbocycles. The van der Waals surface area contributed by atoms with Crippen molar-refractivity contribution in [1.82, 2.24) is 0 Å². The third kappa shape index (κ3) is 11.2. The lowest BCUT2D eigenvalue weighted by Crippen LogP contribution is -2.26. The second-order valence-corrected chi connectivity index (χ2v) is 7.90. The van der Waals surface area contributed by atoms with E-state index in [-0.39, 0.29) is 30.2 Å². The van der Waals surface area contributed by atoms with Gasteiger partial charge in [0, 0.05) is 24.7 Å². The zero-order valence-corrected chi connectivity index (χ0v) is 20.6. The van der Waals surface area contributed by atoms with Crippen molar-refractivity contribution in [1.29, 1.82) is 0 Å². The van der Waals surface area contributed by atoms with Crippen molar-refractivity contribution in [3.63, 3.8) is 0 Å². The monoisotopic (exact) mass is 566 g/mol. The Morgan fingerprint density at radius 1 is 1.05 bits per heavy atom. The minimum Gasteiger partial charge on any atom is -0.488 e. The van der Waals surface area contributed by atoms with Crippen LogP contribution in [0.15, 0.2) is 48.0 Å². The number of carboxylic acids is 1. The molecule has 38 heavy (non-hydrogen) atoms. The predicted molar refractivity (Wildman–Crippen MR) is 124 cm³/mol. The van der Waals surface area contributed by atoms with E-state index in [0.29, 0.717) is 23.0 Å². The molecule has 0 fully saturated rings. The van der Waals surface area contributed by atoms with E-state index in [4.69, 9.17) is 21.1 Å². The minimum absolute atomic E-state index is 0.0179. The maximum absolute atomic E-state index is 12.5. The standard InChI is InChI=1S/C25H21ClF6O6/c1-3-35-22(23(33)34)13-17-6-7-21(20(26)12-17)36-9-8-15(2)4-5-16-10-18(37-24(27,28)29)14-19(11-16)38-25(30,31)32/h6-8,10-12,14,22H,3,9,13H2,1-2H3,(H,33,34)/b15-8-/t22-/m0/s1. The van der Waals surface area contributed by atoms with Gasteiger partial charge in [-0.2, -0.15) is 0 Å². The zero-order chi connectivity index (χ0) is 28.5. The van der Waals surface area contributed by atoms with Gasteiger partial charge >= 0.3 is 18.7 Å². The fourth-order valence-corrected chi connectivity index (χ4v) is 3.19. The Balaban J connectivity index is 2.10. The number of aliphatic carboxylic acids is 1. The van der Waals surface area contributed by atoms with Gasteiger partial charge in [0.25, 0.3) is 0 Å². The highest BCUT2D eigenvalue weighted by molar-refractivity contribution is 6.32. The second-order valence-electron chi connectivity index (χ2n) is 7.49. The molecule has 2 aromatic rings. The summed E-state index contributed by atoms with van der Waals surface area (Å²) in [6.07, 6.45) is -9.67. The molecular formula is C25H21ClF6O6. The van der Waals surface area contributed by atoms with Crippen molar-refractivity contribution in [2.75, 3.05) is 13.2 Å². The molecule has 0 aliphatic rings. The summed E-state index contributed by atoms with van der Waals surface area (Å²) in [6.45, 7) is 3.44. The Labute approximate surface area is 218 Å². The number of hydrogen-bond acceptors (Lipinski definition) is 5. The smallest absolute Gasteiger partial charge is 0.488 e. The van der Waals surface area contributed by atoms with Gasteiger partial charge in [-0.3, -0.25) is 0 Å². The molecule has 206 valence electrons. The Hall–Kier alpha value is -3.56. The van der Waals surface area contributed by atoms with Crippen LogP contribution >= 0.6 is 11.6 Å². The number of carbonyl (C=O) groups is 1. The number of benzene rings is 2. The van der Waals surface area contributed by atoms with Gasteiger partial charge in [-0.05, 0) is 55.3 Å². The number of allylic oxidation sites excluding steroid dienone is 1. The third-order valence-corrected chi connectivity index (χ3v) is 4.74. The molecule has 0 radical (unpaired) electrons. The van der Waals surface area contributed by atoms with E-state index in [1.807, 2.05) is 0 Å². The number of ether oxygens (including phenoxy) is 4. The molecule has 1 atom stereocenters. The van der Waals surface area contributed by atoms with Crippen LogP contribution in [0.2, 0.25) is 5.02 Å². The van der Waals surface area contributed by atoms with Crippen LogP contribution in [-0.2, 0) is 16.0 Å². The molecule has 0 saturated heterocycles. The van der Waals surface area contributed by atoms with Gasteiger partial charge in [-0.1, -0.05) is 29.5 Å². The lowest BCUT2D eigenvalue weighted by Gasteiger charge is -2.13. The summed E-state index contributed by atoms with van der Waals surface area (Å²) < 4.78 is 93.2. The van der Waals surface area contributed by atoms with Crippen LogP contribution in [0.25, 0.3) is 0 Å². The topological polar surface area (TPSA) is 74.2 Å². The summed E-state index contributed by atoms with van der Waals surface area (Å²) in [5, 5.41) is 9.41. The molecule has 0 spiro atoms. The van der Waals surface area contributed by atoms with Gasteiger partial charge in [-0.25, -0.2) is 4.79 Å². The van der Waals surface area contributed by atoms with Gasteiger partial charge in [0.1, 0.15) is 23.9 Å². The normalized spacial score (nSPS) is 12.8. The first-order chi connectivity index (χ1) is 17.6. The number of hydrogen-bond donors (Lipinski definition) is 1. The van der Waals surface area contributed by atoms with E-state index in [1.165, 1.54) is 6.08 Å². The van der Waals surface area contributed by atoms with Crippen molar-refractivity contribution in [2.45, 2.75) is 39.1 Å². The largest absolute Gasteiger partial charge is 0.573 e. The number of halogens is 7. The third-order valence-electron chi connectivity index (χ3n) is 4.44. The summed E-state index contributed by atoms with van der Waals surface area (Å²) in [4.78, 5) is 11.2. The molecule has 0 aliphatic heterocycles. The highest BCUT2D eigenvalue weighted by Gasteiger charge is 2.33. The average Bonchev–Trinajstić information content (AvgIpc) is 2.76. The van der Waals surface area contributed by atoms with Gasteiger partial charge in [0.2, 0.25) is 0 Å². The lowest BCUT2D eigenvalue weighted by atomic mass is 10.1. The summed E-state index contributed by atoms with van der Waals surface area (Å²) in [5.74, 6) is 2.37. The second kappa shape index (κ2) is 13.3. The molecule has 6 nitrogen and oxygen atoms in total. The molecular weight excluding hydrogens is 546 g/mol. The molecule has 0 aromatic heterocycles. The predicted octanol–water partition coefficient (Wildman–Crippen LogP) is 6.55. The van der Waals surface area contributed by atoms with Gasteiger partial charge < -0.3 is 24.1 Å². The van der Waals surface area contributed by atoms with Gasteiger partial charge in [0.15, 0.2) is 6.10 Å². The Kier molecular flexibility index (Phi) is 10.7. The summed E-state index contributed by atoms with van der Waals surface area (Å²) >= 11 is 6.20. The van der Waals surface area contributed by atoms with Crippen LogP contribution in [0.1, 0.15) is 25.0 Å². The fraction of sp³-hybridized carbons (Fsp3) is 0.320. The Morgan fingerprint density at radius 2 is 1.66 bits per heavy atom. The summed E-state index contributed by atoms with van der Waals surface area (Å²) in [5.41, 5.74) is 0.788. The van der Waals surface area contributed by atoms with Crippen molar-refractivity contribution in [3.05, 3.63) is 64.2 Å². The lowest BCUT2D eigenvalue weighted by molar-refractivity contribution is -0.276. The van der Waals surface area contributed by atoms with Crippen LogP contribution in [0.3, 0.4) is 0 Å². The molecule has 2 rings (SSSR count). The first kappa shape index (κ1) is 30.7. The molecule has 0 unspecified atom stereocenters. The van der Waals surface area contributed by atoms with Gasteiger partial charge in [0.05, 0.1) is 5.02 Å². The van der Waals surface area contributed by atoms with E-state index >= 15 is 0 Å². The highest BCUT2D eigenvalue weighted by Crippen LogP contribution is 2.31. The minimum atomic E-state index is -5.13.